The summed E-state index contributed by atoms with van der Waals surface area (Å²) in [5, 5.41) is 16.7. The third-order valence-corrected chi connectivity index (χ3v) is 3.37. The lowest BCUT2D eigenvalue weighted by atomic mass is 10.2. The molecule has 3 N–H and O–H groups in total. The first-order valence-corrected chi connectivity index (χ1v) is 6.59. The Kier molecular flexibility index (Phi) is 4.26. The molecule has 20 heavy (non-hydrogen) atoms. The molecular weight excluding hydrogens is 280 g/mol. The molecule has 0 aliphatic rings. The Bertz CT molecular complexity index is 615. The van der Waals surface area contributed by atoms with E-state index < -0.39 is 12.0 Å². The van der Waals surface area contributed by atoms with Crippen LogP contribution in [0.5, 0.6) is 0 Å². The van der Waals surface area contributed by atoms with Crippen LogP contribution < -0.4 is 10.6 Å². The molecule has 2 amide bonds. The zero-order valence-corrected chi connectivity index (χ0v) is 11.3. The average molecular weight is 292 g/mol. The molecule has 2 heterocycles. The summed E-state index contributed by atoms with van der Waals surface area (Å²) < 4.78 is 0. The van der Waals surface area contributed by atoms with Crippen LogP contribution in [0.3, 0.4) is 0 Å². The van der Waals surface area contributed by atoms with Crippen molar-refractivity contribution in [2.75, 3.05) is 5.32 Å². The summed E-state index contributed by atoms with van der Waals surface area (Å²) in [7, 11) is 0. The van der Waals surface area contributed by atoms with Crippen molar-refractivity contribution in [2.45, 2.75) is 13.0 Å². The number of urea groups is 1. The Labute approximate surface area is 118 Å². The summed E-state index contributed by atoms with van der Waals surface area (Å²) in [5.74, 6) is -1.10. The molecule has 1 unspecified atom stereocenters. The number of nitrogens with one attached hydrogen (secondary N) is 2. The standard InChI is InChI=1S/C12H12N4O3S/c1-7(10-14-2-3-20-10)15-12(19)16-9-4-8(11(17)18)5-13-6-9/h2-7H,1H3,(H,17,18)(H2,15,16,19). The largest absolute Gasteiger partial charge is 0.478 e. The van der Waals surface area contributed by atoms with Crippen LogP contribution in [0, 0.1) is 0 Å². The highest BCUT2D eigenvalue weighted by Gasteiger charge is 2.12. The summed E-state index contributed by atoms with van der Waals surface area (Å²) in [6, 6.07) is 0.658. The lowest BCUT2D eigenvalue weighted by Crippen LogP contribution is -2.31. The van der Waals surface area contributed by atoms with Gasteiger partial charge in [-0.15, -0.1) is 11.3 Å². The van der Waals surface area contributed by atoms with E-state index in [1.807, 2.05) is 12.3 Å². The number of thiazole rings is 1. The summed E-state index contributed by atoms with van der Waals surface area (Å²) in [5.41, 5.74) is 0.324. The number of anilines is 1. The van der Waals surface area contributed by atoms with Gasteiger partial charge in [0.25, 0.3) is 0 Å². The SMILES string of the molecule is CC(NC(=O)Nc1cncc(C(=O)O)c1)c1nccs1. The van der Waals surface area contributed by atoms with Crippen LogP contribution in [0.15, 0.2) is 30.0 Å². The highest BCUT2D eigenvalue weighted by molar-refractivity contribution is 7.09. The van der Waals surface area contributed by atoms with Crippen molar-refractivity contribution in [1.82, 2.24) is 15.3 Å². The van der Waals surface area contributed by atoms with Crippen molar-refractivity contribution < 1.29 is 14.7 Å². The van der Waals surface area contributed by atoms with Crippen LogP contribution in [0.1, 0.15) is 28.3 Å². The second-order valence-electron chi connectivity index (χ2n) is 3.96. The van der Waals surface area contributed by atoms with E-state index in [1.54, 1.807) is 6.20 Å². The minimum atomic E-state index is -1.10. The topological polar surface area (TPSA) is 104 Å². The molecule has 0 saturated heterocycles. The first-order chi connectivity index (χ1) is 9.56. The molecular formula is C12H12N4O3S. The van der Waals surface area contributed by atoms with E-state index in [9.17, 15) is 9.59 Å². The fourth-order valence-electron chi connectivity index (χ4n) is 1.50. The van der Waals surface area contributed by atoms with E-state index in [0.29, 0.717) is 5.69 Å². The van der Waals surface area contributed by atoms with Gasteiger partial charge in [0.05, 0.1) is 23.5 Å². The molecule has 0 spiro atoms. The number of aromatic nitrogens is 2. The number of carbonyl (C=O) groups excluding carboxylic acids is 1. The van der Waals surface area contributed by atoms with Gasteiger partial charge in [-0.3, -0.25) is 4.98 Å². The van der Waals surface area contributed by atoms with Crippen molar-refractivity contribution in [3.8, 4) is 0 Å². The molecule has 0 aliphatic heterocycles. The Morgan fingerprint density at radius 2 is 2.20 bits per heavy atom. The first kappa shape index (κ1) is 13.9. The second kappa shape index (κ2) is 6.11. The van der Waals surface area contributed by atoms with Gasteiger partial charge >= 0.3 is 12.0 Å². The van der Waals surface area contributed by atoms with E-state index in [1.165, 1.54) is 29.8 Å². The molecule has 0 aliphatic carbocycles. The number of amides is 2. The van der Waals surface area contributed by atoms with Crippen LogP contribution in [0.4, 0.5) is 10.5 Å². The first-order valence-electron chi connectivity index (χ1n) is 5.71. The Morgan fingerprint density at radius 1 is 1.40 bits per heavy atom. The predicted octanol–water partition coefficient (Wildman–Crippen LogP) is 2.12. The fraction of sp³-hybridized carbons (Fsp3) is 0.167. The van der Waals surface area contributed by atoms with Gasteiger partial charge in [-0.05, 0) is 13.0 Å². The lowest BCUT2D eigenvalue weighted by Gasteiger charge is -2.12. The number of hydrogen-bond acceptors (Lipinski definition) is 5. The Morgan fingerprint density at radius 3 is 2.85 bits per heavy atom. The number of hydrogen-bond donors (Lipinski definition) is 3. The Hall–Kier alpha value is -2.48. The van der Waals surface area contributed by atoms with Gasteiger partial charge in [0.1, 0.15) is 5.01 Å². The summed E-state index contributed by atoms with van der Waals surface area (Å²) in [6.45, 7) is 1.81. The van der Waals surface area contributed by atoms with Crippen molar-refractivity contribution in [2.24, 2.45) is 0 Å². The average Bonchev–Trinajstić information content (AvgIpc) is 2.92. The highest BCUT2D eigenvalue weighted by atomic mass is 32.1. The van der Waals surface area contributed by atoms with Crippen LogP contribution >= 0.6 is 11.3 Å². The van der Waals surface area contributed by atoms with Gasteiger partial charge < -0.3 is 15.7 Å². The van der Waals surface area contributed by atoms with E-state index in [0.717, 1.165) is 5.01 Å². The number of nitrogens with zero attached hydrogens (tertiary/aromatic N) is 2. The number of carboxylic acid groups (broad SMARTS) is 1. The predicted molar refractivity (Wildman–Crippen MR) is 73.9 cm³/mol. The number of aromatic carboxylic acids is 1. The molecule has 2 aromatic rings. The van der Waals surface area contributed by atoms with Crippen molar-refractivity contribution in [1.29, 1.82) is 0 Å². The number of carbonyl (C=O) groups is 2. The summed E-state index contributed by atoms with van der Waals surface area (Å²) >= 11 is 1.44. The lowest BCUT2D eigenvalue weighted by molar-refractivity contribution is 0.0696. The third kappa shape index (κ3) is 3.51. The summed E-state index contributed by atoms with van der Waals surface area (Å²) in [4.78, 5) is 30.4. The molecule has 7 nitrogen and oxygen atoms in total. The van der Waals surface area contributed by atoms with Crippen molar-refractivity contribution in [3.63, 3.8) is 0 Å². The molecule has 0 saturated carbocycles. The van der Waals surface area contributed by atoms with E-state index in [2.05, 4.69) is 20.6 Å². The molecule has 104 valence electrons. The molecule has 8 heteroatoms. The maximum absolute atomic E-state index is 11.8. The molecule has 0 bridgehead atoms. The van der Waals surface area contributed by atoms with Crippen molar-refractivity contribution in [3.05, 3.63) is 40.6 Å². The van der Waals surface area contributed by atoms with Gasteiger partial charge in [0.15, 0.2) is 0 Å². The van der Waals surface area contributed by atoms with Crippen molar-refractivity contribution >= 4 is 29.0 Å². The van der Waals surface area contributed by atoms with Crippen LogP contribution in [0.25, 0.3) is 0 Å². The van der Waals surface area contributed by atoms with E-state index in [4.69, 9.17) is 5.11 Å². The number of pyridine rings is 1. The molecule has 2 rings (SSSR count). The maximum atomic E-state index is 11.8. The molecule has 0 aromatic carbocycles. The molecule has 1 atom stereocenters. The minimum Gasteiger partial charge on any atom is -0.478 e. The smallest absolute Gasteiger partial charge is 0.337 e. The normalized spacial score (nSPS) is 11.7. The van der Waals surface area contributed by atoms with Crippen LogP contribution in [-0.4, -0.2) is 27.1 Å². The quantitative estimate of drug-likeness (QED) is 0.800. The van der Waals surface area contributed by atoms with Crippen LogP contribution in [-0.2, 0) is 0 Å². The van der Waals surface area contributed by atoms with Gasteiger partial charge in [0, 0.05) is 17.8 Å². The maximum Gasteiger partial charge on any atom is 0.337 e. The monoisotopic (exact) mass is 292 g/mol. The molecule has 2 aromatic heterocycles. The fourth-order valence-corrected chi connectivity index (χ4v) is 2.15. The minimum absolute atomic E-state index is 0.00997. The van der Waals surface area contributed by atoms with Crippen LogP contribution in [0.2, 0.25) is 0 Å². The third-order valence-electron chi connectivity index (χ3n) is 2.41. The Balaban J connectivity index is 1.98. The summed E-state index contributed by atoms with van der Waals surface area (Å²) in [6.07, 6.45) is 4.25. The highest BCUT2D eigenvalue weighted by Crippen LogP contribution is 2.15. The molecule has 0 radical (unpaired) electrons. The second-order valence-corrected chi connectivity index (χ2v) is 4.88. The van der Waals surface area contributed by atoms with Gasteiger partial charge in [-0.25, -0.2) is 14.6 Å². The zero-order chi connectivity index (χ0) is 14.5. The van der Waals surface area contributed by atoms with Gasteiger partial charge in [-0.1, -0.05) is 0 Å². The zero-order valence-electron chi connectivity index (χ0n) is 10.5. The van der Waals surface area contributed by atoms with E-state index in [-0.39, 0.29) is 11.6 Å². The van der Waals surface area contributed by atoms with E-state index >= 15 is 0 Å². The number of carboxylic acids is 1. The van der Waals surface area contributed by atoms with Gasteiger partial charge in [-0.2, -0.15) is 0 Å². The van der Waals surface area contributed by atoms with Gasteiger partial charge in [0.2, 0.25) is 0 Å². The molecule has 0 fully saturated rings. The number of rotatable bonds is 4.